The summed E-state index contributed by atoms with van der Waals surface area (Å²) in [5, 5.41) is 0. The number of aliphatic imine (C=N–C) groups is 1. The van der Waals surface area contributed by atoms with Gasteiger partial charge >= 0.3 is 0 Å². The molecule has 1 aromatic rings. The monoisotopic (exact) mass is 309 g/mol. The summed E-state index contributed by atoms with van der Waals surface area (Å²) in [6.07, 6.45) is 14.8. The molecule has 1 aliphatic carbocycles. The van der Waals surface area contributed by atoms with Crippen LogP contribution in [0.4, 0.5) is 0 Å². The molecule has 3 aliphatic rings. The summed E-state index contributed by atoms with van der Waals surface area (Å²) in [7, 11) is 0. The Morgan fingerprint density at radius 1 is 1.35 bits per heavy atom. The first-order valence-corrected chi connectivity index (χ1v) is 8.60. The van der Waals surface area contributed by atoms with E-state index in [9.17, 15) is 0 Å². The van der Waals surface area contributed by atoms with Crippen molar-refractivity contribution in [3.63, 3.8) is 0 Å². The van der Waals surface area contributed by atoms with Gasteiger partial charge in [0.15, 0.2) is 12.5 Å². The first-order chi connectivity index (χ1) is 11.4. The van der Waals surface area contributed by atoms with Crippen LogP contribution in [-0.4, -0.2) is 35.4 Å². The van der Waals surface area contributed by atoms with E-state index in [1.54, 1.807) is 6.40 Å². The molecule has 2 aliphatic heterocycles. The second-order valence-corrected chi connectivity index (χ2v) is 6.41. The van der Waals surface area contributed by atoms with Gasteiger partial charge in [0.25, 0.3) is 0 Å². The Bertz CT molecular complexity index is 671. The quantitative estimate of drug-likeness (QED) is 0.857. The lowest BCUT2D eigenvalue weighted by molar-refractivity contribution is 0.199. The number of pyridine rings is 1. The van der Waals surface area contributed by atoms with E-state index in [-0.39, 0.29) is 12.1 Å². The van der Waals surface area contributed by atoms with Gasteiger partial charge in [-0.1, -0.05) is 18.2 Å². The average Bonchev–Trinajstić information content (AvgIpc) is 3.28. The van der Waals surface area contributed by atoms with E-state index in [4.69, 9.17) is 4.74 Å². The fourth-order valence-electron chi connectivity index (χ4n) is 3.79. The van der Waals surface area contributed by atoms with Crippen LogP contribution < -0.4 is 0 Å². The minimum absolute atomic E-state index is 0.0468. The van der Waals surface area contributed by atoms with Gasteiger partial charge in [-0.15, -0.1) is 0 Å². The van der Waals surface area contributed by atoms with Gasteiger partial charge < -0.3 is 9.64 Å². The Hall–Kier alpha value is -2.10. The fourth-order valence-corrected chi connectivity index (χ4v) is 3.79. The van der Waals surface area contributed by atoms with Crippen molar-refractivity contribution >= 4 is 12.5 Å². The molecule has 4 rings (SSSR count). The minimum Gasteiger partial charge on any atom is -0.473 e. The summed E-state index contributed by atoms with van der Waals surface area (Å²) in [5.74, 6) is 0. The second-order valence-electron chi connectivity index (χ2n) is 6.41. The summed E-state index contributed by atoms with van der Waals surface area (Å²) < 4.78 is 5.86. The van der Waals surface area contributed by atoms with E-state index >= 15 is 0 Å². The molecule has 1 unspecified atom stereocenters. The van der Waals surface area contributed by atoms with Crippen molar-refractivity contribution in [1.29, 1.82) is 0 Å². The molecule has 0 aromatic carbocycles. The Morgan fingerprint density at radius 2 is 2.22 bits per heavy atom. The highest BCUT2D eigenvalue weighted by molar-refractivity contribution is 5.57. The third-order valence-corrected chi connectivity index (χ3v) is 4.98. The van der Waals surface area contributed by atoms with E-state index in [0.717, 1.165) is 31.5 Å². The zero-order valence-corrected chi connectivity index (χ0v) is 13.6. The summed E-state index contributed by atoms with van der Waals surface area (Å²) >= 11 is 0. The Labute approximate surface area is 137 Å². The number of nitrogens with zero attached hydrogens (tertiary/aromatic N) is 3. The van der Waals surface area contributed by atoms with Gasteiger partial charge in [0.05, 0.1) is 0 Å². The van der Waals surface area contributed by atoms with Gasteiger partial charge in [-0.2, -0.15) is 0 Å². The maximum Gasteiger partial charge on any atom is 0.171 e. The van der Waals surface area contributed by atoms with E-state index in [0.29, 0.717) is 0 Å². The Kier molecular flexibility index (Phi) is 3.90. The Morgan fingerprint density at radius 3 is 3.04 bits per heavy atom. The molecule has 0 amide bonds. The largest absolute Gasteiger partial charge is 0.473 e. The highest BCUT2D eigenvalue weighted by Crippen LogP contribution is 2.35. The van der Waals surface area contributed by atoms with Gasteiger partial charge in [-0.05, 0) is 44.2 Å². The molecule has 1 saturated heterocycles. The van der Waals surface area contributed by atoms with Crippen molar-refractivity contribution < 1.29 is 4.74 Å². The molecule has 0 saturated carbocycles. The number of hydrogen-bond donors (Lipinski definition) is 0. The maximum atomic E-state index is 5.86. The van der Waals surface area contributed by atoms with Gasteiger partial charge in [0.1, 0.15) is 6.04 Å². The lowest BCUT2D eigenvalue weighted by atomic mass is 9.96. The van der Waals surface area contributed by atoms with Crippen molar-refractivity contribution in [2.24, 2.45) is 4.99 Å². The number of fused-ring (bicyclic) bond motifs is 1. The van der Waals surface area contributed by atoms with Gasteiger partial charge in [0, 0.05) is 36.2 Å². The van der Waals surface area contributed by atoms with Crippen molar-refractivity contribution in [2.45, 2.75) is 44.8 Å². The molecule has 1 aromatic heterocycles. The number of aromatic nitrogens is 1. The first-order valence-electron chi connectivity index (χ1n) is 8.60. The number of ether oxygens (including phenoxy) is 1. The van der Waals surface area contributed by atoms with E-state index < -0.39 is 0 Å². The second kappa shape index (κ2) is 6.19. The molecular formula is C19H23N3O. The lowest BCUT2D eigenvalue weighted by Crippen LogP contribution is -2.29. The molecule has 1 fully saturated rings. The van der Waals surface area contributed by atoms with Crippen molar-refractivity contribution in [1.82, 2.24) is 9.88 Å². The van der Waals surface area contributed by atoms with Crippen LogP contribution in [0.5, 0.6) is 0 Å². The van der Waals surface area contributed by atoms with Crippen molar-refractivity contribution in [3.05, 3.63) is 46.9 Å². The molecule has 4 nitrogen and oxygen atoms in total. The molecular weight excluding hydrogens is 286 g/mol. The highest BCUT2D eigenvalue weighted by atomic mass is 16.5. The maximum absolute atomic E-state index is 5.86. The highest BCUT2D eigenvalue weighted by Gasteiger charge is 2.34. The lowest BCUT2D eigenvalue weighted by Gasteiger charge is -2.28. The van der Waals surface area contributed by atoms with Crippen LogP contribution in [0, 0.1) is 0 Å². The summed E-state index contributed by atoms with van der Waals surface area (Å²) in [5.41, 5.74) is 4.83. The van der Waals surface area contributed by atoms with E-state index in [1.807, 2.05) is 6.20 Å². The number of rotatable bonds is 3. The molecule has 23 heavy (non-hydrogen) atoms. The summed E-state index contributed by atoms with van der Waals surface area (Å²) in [6.45, 7) is 4.36. The molecule has 3 heterocycles. The molecule has 120 valence electrons. The van der Waals surface area contributed by atoms with Crippen molar-refractivity contribution in [2.75, 3.05) is 13.1 Å². The third kappa shape index (κ3) is 2.67. The van der Waals surface area contributed by atoms with Crippen LogP contribution in [-0.2, 0) is 11.2 Å². The number of allylic oxidation sites excluding steroid dienone is 2. The van der Waals surface area contributed by atoms with Crippen LogP contribution >= 0.6 is 0 Å². The van der Waals surface area contributed by atoms with Crippen LogP contribution in [0.25, 0.3) is 6.08 Å². The third-order valence-electron chi connectivity index (χ3n) is 4.98. The minimum atomic E-state index is -0.0603. The first kappa shape index (κ1) is 14.5. The Balaban J connectivity index is 1.62. The molecule has 4 heteroatoms. The molecule has 0 N–H and O–H groups in total. The van der Waals surface area contributed by atoms with Crippen LogP contribution in [0.1, 0.15) is 49.1 Å². The smallest absolute Gasteiger partial charge is 0.171 e. The molecule has 2 atom stereocenters. The summed E-state index contributed by atoms with van der Waals surface area (Å²) in [6, 6.07) is 2.27. The predicted octanol–water partition coefficient (Wildman–Crippen LogP) is 3.51. The predicted molar refractivity (Wildman–Crippen MR) is 92.3 cm³/mol. The average molecular weight is 309 g/mol. The standard InChI is InChI=1S/C19H23N3O/c1-2-17(22-9-5-6-10-22)18-19(23-13-21-18)15-11-14-7-3-4-8-16(14)20-12-15/h2-3,7,11-13,18-19H,4-6,8-10H2,1H3/b17-2+/t18?,19-/m1/s1. The van der Waals surface area contributed by atoms with Crippen LogP contribution in [0.2, 0.25) is 0 Å². The van der Waals surface area contributed by atoms with Crippen molar-refractivity contribution in [3.8, 4) is 0 Å². The molecule has 0 radical (unpaired) electrons. The number of hydrogen-bond acceptors (Lipinski definition) is 4. The van der Waals surface area contributed by atoms with E-state index in [1.165, 1.54) is 29.8 Å². The molecule has 0 spiro atoms. The number of likely N-dealkylation sites (tertiary alicyclic amines) is 1. The zero-order valence-electron chi connectivity index (χ0n) is 13.6. The molecule has 0 bridgehead atoms. The van der Waals surface area contributed by atoms with Crippen LogP contribution in [0.3, 0.4) is 0 Å². The van der Waals surface area contributed by atoms with Crippen LogP contribution in [0.15, 0.2) is 35.1 Å². The van der Waals surface area contributed by atoms with E-state index in [2.05, 4.69) is 46.1 Å². The number of aryl methyl sites for hydroxylation is 1. The SMILES string of the molecule is C/C=C(\C1N=CO[C@@H]1c1cnc2c(c1)C=CCC2)N1CCCC1. The van der Waals surface area contributed by atoms with Gasteiger partial charge in [-0.3, -0.25) is 4.98 Å². The zero-order chi connectivity index (χ0) is 15.6. The van der Waals surface area contributed by atoms with Gasteiger partial charge in [0.2, 0.25) is 0 Å². The topological polar surface area (TPSA) is 37.7 Å². The summed E-state index contributed by atoms with van der Waals surface area (Å²) in [4.78, 5) is 11.7. The normalized spacial score (nSPS) is 26.5. The van der Waals surface area contributed by atoms with Gasteiger partial charge in [-0.25, -0.2) is 4.99 Å². The fraction of sp³-hybridized carbons (Fsp3) is 0.474.